The number of piperazine rings is 1. The second kappa shape index (κ2) is 8.29. The number of carbonyl (C=O) groups excluding carboxylic acids is 1. The molecule has 1 atom stereocenters. The fraction of sp³-hybridized carbons (Fsp3) is 0.409. The maximum absolute atomic E-state index is 13.8. The highest BCUT2D eigenvalue weighted by Gasteiger charge is 2.26. The molecule has 2 aliphatic heterocycles. The topological polar surface area (TPSA) is 44.8 Å². The Morgan fingerprint density at radius 3 is 2.75 bits per heavy atom. The molecule has 4 rings (SSSR count). The summed E-state index contributed by atoms with van der Waals surface area (Å²) in [6, 6.07) is 12.4. The average molecular weight is 383 g/mol. The minimum absolute atomic E-state index is 0.169. The van der Waals surface area contributed by atoms with E-state index in [4.69, 9.17) is 4.74 Å². The molecule has 2 heterocycles. The summed E-state index contributed by atoms with van der Waals surface area (Å²) >= 11 is 0. The number of nitrogens with one attached hydrogen (secondary N) is 1. The normalized spacial score (nSPS) is 18.4. The summed E-state index contributed by atoms with van der Waals surface area (Å²) in [5.74, 6) is 0.438. The Morgan fingerprint density at radius 2 is 1.96 bits per heavy atom. The van der Waals surface area contributed by atoms with E-state index in [-0.39, 0.29) is 17.6 Å². The van der Waals surface area contributed by atoms with E-state index in [1.165, 1.54) is 17.2 Å². The Kier molecular flexibility index (Phi) is 5.59. The van der Waals surface area contributed by atoms with E-state index in [1.807, 2.05) is 6.92 Å². The zero-order valence-corrected chi connectivity index (χ0v) is 16.2. The van der Waals surface area contributed by atoms with Gasteiger partial charge in [0.2, 0.25) is 5.91 Å². The smallest absolute Gasteiger partial charge is 0.241 e. The lowest BCUT2D eigenvalue weighted by molar-refractivity contribution is -0.121. The maximum atomic E-state index is 13.8. The summed E-state index contributed by atoms with van der Waals surface area (Å²) in [4.78, 5) is 17.1. The van der Waals surface area contributed by atoms with Crippen molar-refractivity contribution in [1.29, 1.82) is 0 Å². The van der Waals surface area contributed by atoms with Crippen molar-refractivity contribution in [2.45, 2.75) is 25.9 Å². The van der Waals surface area contributed by atoms with Crippen molar-refractivity contribution < 1.29 is 13.9 Å². The summed E-state index contributed by atoms with van der Waals surface area (Å²) in [7, 11) is 0. The van der Waals surface area contributed by atoms with Crippen molar-refractivity contribution in [2.24, 2.45) is 0 Å². The van der Waals surface area contributed by atoms with Crippen molar-refractivity contribution >= 4 is 11.6 Å². The molecule has 0 unspecified atom stereocenters. The highest BCUT2D eigenvalue weighted by atomic mass is 19.1. The quantitative estimate of drug-likeness (QED) is 0.862. The van der Waals surface area contributed by atoms with Crippen LogP contribution in [0.1, 0.15) is 18.1 Å². The van der Waals surface area contributed by atoms with Gasteiger partial charge in [0.05, 0.1) is 18.3 Å². The molecule has 0 aliphatic carbocycles. The van der Waals surface area contributed by atoms with Crippen LogP contribution in [0.4, 0.5) is 10.1 Å². The molecule has 2 aromatic carbocycles. The third kappa shape index (κ3) is 4.18. The van der Waals surface area contributed by atoms with Gasteiger partial charge >= 0.3 is 0 Å². The molecule has 2 aromatic rings. The molecule has 1 N–H and O–H groups in total. The van der Waals surface area contributed by atoms with E-state index in [2.05, 4.69) is 33.3 Å². The number of amides is 1. The number of carbonyl (C=O) groups is 1. The molecule has 28 heavy (non-hydrogen) atoms. The number of para-hydroxylation sites is 1. The molecule has 0 spiro atoms. The predicted molar refractivity (Wildman–Crippen MR) is 107 cm³/mol. The molecular formula is C22H26FN3O2. The van der Waals surface area contributed by atoms with Gasteiger partial charge in [0.1, 0.15) is 11.6 Å². The molecule has 1 saturated heterocycles. The van der Waals surface area contributed by atoms with Crippen molar-refractivity contribution in [3.63, 3.8) is 0 Å². The van der Waals surface area contributed by atoms with Crippen LogP contribution in [0.2, 0.25) is 0 Å². The van der Waals surface area contributed by atoms with E-state index in [0.717, 1.165) is 51.5 Å². The van der Waals surface area contributed by atoms with Crippen molar-refractivity contribution in [3.8, 4) is 5.75 Å². The van der Waals surface area contributed by atoms with Crippen LogP contribution in [0.3, 0.4) is 0 Å². The zero-order chi connectivity index (χ0) is 19.5. The first-order chi connectivity index (χ1) is 13.6. The number of fused-ring (bicyclic) bond motifs is 1. The van der Waals surface area contributed by atoms with Gasteiger partial charge in [-0.1, -0.05) is 24.3 Å². The van der Waals surface area contributed by atoms with Gasteiger partial charge in [-0.05, 0) is 36.2 Å². The van der Waals surface area contributed by atoms with Crippen LogP contribution >= 0.6 is 0 Å². The van der Waals surface area contributed by atoms with Crippen molar-refractivity contribution in [3.05, 3.63) is 59.4 Å². The average Bonchev–Trinajstić information content (AvgIpc) is 3.17. The van der Waals surface area contributed by atoms with Crippen LogP contribution in [0.15, 0.2) is 42.5 Å². The number of halogens is 1. The van der Waals surface area contributed by atoms with Crippen LogP contribution in [0, 0.1) is 5.82 Å². The molecule has 1 amide bonds. The van der Waals surface area contributed by atoms with Gasteiger partial charge in [0.25, 0.3) is 0 Å². The fourth-order valence-corrected chi connectivity index (χ4v) is 3.87. The molecule has 1 fully saturated rings. The molecule has 0 aromatic heterocycles. The first kappa shape index (κ1) is 18.9. The maximum Gasteiger partial charge on any atom is 0.241 e. The minimum Gasteiger partial charge on any atom is -0.493 e. The van der Waals surface area contributed by atoms with Gasteiger partial charge in [0, 0.05) is 39.1 Å². The summed E-state index contributed by atoms with van der Waals surface area (Å²) in [6.45, 7) is 7.03. The molecule has 148 valence electrons. The van der Waals surface area contributed by atoms with Crippen molar-refractivity contribution in [2.75, 3.05) is 38.1 Å². The monoisotopic (exact) mass is 383 g/mol. The SMILES string of the molecule is C[C@H](C(=O)Nc1ccccc1F)N1CCN(Cc2ccc3c(c2)CCO3)CC1. The third-order valence-corrected chi connectivity index (χ3v) is 5.63. The molecular weight excluding hydrogens is 357 g/mol. The number of anilines is 1. The number of hydrogen-bond donors (Lipinski definition) is 1. The Labute approximate surface area is 165 Å². The van der Waals surface area contributed by atoms with Crippen LogP contribution in [-0.4, -0.2) is 54.5 Å². The summed E-state index contributed by atoms with van der Waals surface area (Å²) in [5.41, 5.74) is 2.84. The van der Waals surface area contributed by atoms with E-state index in [9.17, 15) is 9.18 Å². The van der Waals surface area contributed by atoms with E-state index >= 15 is 0 Å². The standard InChI is InChI=1S/C22H26FN3O2/c1-16(22(27)24-20-5-3-2-4-19(20)23)26-11-9-25(10-12-26)15-17-6-7-21-18(14-17)8-13-28-21/h2-7,14,16H,8-13,15H2,1H3,(H,24,27)/t16-/m1/s1. The minimum atomic E-state index is -0.410. The van der Waals surface area contributed by atoms with Crippen LogP contribution in [0.5, 0.6) is 5.75 Å². The lowest BCUT2D eigenvalue weighted by Gasteiger charge is -2.37. The number of ether oxygens (including phenoxy) is 1. The summed E-state index contributed by atoms with van der Waals surface area (Å²) in [5, 5.41) is 2.70. The molecule has 5 nitrogen and oxygen atoms in total. The van der Waals surface area contributed by atoms with Crippen LogP contribution in [-0.2, 0) is 17.8 Å². The van der Waals surface area contributed by atoms with E-state index in [0.29, 0.717) is 0 Å². The van der Waals surface area contributed by atoms with Gasteiger partial charge < -0.3 is 10.1 Å². The first-order valence-electron chi connectivity index (χ1n) is 9.86. The van der Waals surface area contributed by atoms with Crippen molar-refractivity contribution in [1.82, 2.24) is 9.80 Å². The number of rotatable bonds is 5. The second-order valence-electron chi connectivity index (χ2n) is 7.50. The molecule has 6 heteroatoms. The Balaban J connectivity index is 1.28. The molecule has 0 radical (unpaired) electrons. The first-order valence-corrected chi connectivity index (χ1v) is 9.86. The summed E-state index contributed by atoms with van der Waals surface area (Å²) < 4.78 is 19.3. The van der Waals surface area contributed by atoms with Gasteiger partial charge in [-0.15, -0.1) is 0 Å². The lowest BCUT2D eigenvalue weighted by Crippen LogP contribution is -2.52. The van der Waals surface area contributed by atoms with E-state index < -0.39 is 5.82 Å². The largest absolute Gasteiger partial charge is 0.493 e. The summed E-state index contributed by atoms with van der Waals surface area (Å²) in [6.07, 6.45) is 0.992. The highest BCUT2D eigenvalue weighted by molar-refractivity contribution is 5.94. The molecule has 0 saturated carbocycles. The zero-order valence-electron chi connectivity index (χ0n) is 16.2. The number of benzene rings is 2. The Bertz CT molecular complexity index is 849. The molecule has 0 bridgehead atoms. The predicted octanol–water partition coefficient (Wildman–Crippen LogP) is 2.91. The number of hydrogen-bond acceptors (Lipinski definition) is 4. The van der Waals surface area contributed by atoms with E-state index in [1.54, 1.807) is 18.2 Å². The van der Waals surface area contributed by atoms with Gasteiger partial charge in [-0.25, -0.2) is 4.39 Å². The Morgan fingerprint density at radius 1 is 1.18 bits per heavy atom. The van der Waals surface area contributed by atoms with Gasteiger partial charge in [0.15, 0.2) is 0 Å². The Hall–Kier alpha value is -2.44. The fourth-order valence-electron chi connectivity index (χ4n) is 3.87. The van der Waals surface area contributed by atoms with Crippen LogP contribution < -0.4 is 10.1 Å². The highest BCUT2D eigenvalue weighted by Crippen LogP contribution is 2.26. The second-order valence-corrected chi connectivity index (χ2v) is 7.50. The lowest BCUT2D eigenvalue weighted by atomic mass is 10.1. The third-order valence-electron chi connectivity index (χ3n) is 5.63. The van der Waals surface area contributed by atoms with Gasteiger partial charge in [-0.3, -0.25) is 14.6 Å². The van der Waals surface area contributed by atoms with Gasteiger partial charge in [-0.2, -0.15) is 0 Å². The molecule has 2 aliphatic rings. The number of nitrogens with zero attached hydrogens (tertiary/aromatic N) is 2. The van der Waals surface area contributed by atoms with Crippen LogP contribution in [0.25, 0.3) is 0 Å².